The molecule has 0 unspecified atom stereocenters. The monoisotopic (exact) mass is 476 g/mol. The number of aromatic nitrogens is 1. The summed E-state index contributed by atoms with van der Waals surface area (Å²) in [5.41, 5.74) is 5.71. The highest BCUT2D eigenvalue weighted by Gasteiger charge is 2.39. The molecular formula is C26H22F6N2. The Labute approximate surface area is 192 Å². The number of H-pyrrole nitrogens is 1. The average molecular weight is 476 g/mol. The minimum absolute atomic E-state index is 0.192. The Morgan fingerprint density at radius 1 is 0.735 bits per heavy atom. The molecule has 0 atom stereocenters. The molecular weight excluding hydrogens is 454 g/mol. The standard InChI is InChI=1S/C26H22F6N2/c27-25(28,29)17-14-21(26(30,31)32)23-20(12-6-7-13-33)24(34-22(23)15-17)19-11-5-4-10-18(19)16-8-2-1-3-9-16/h1-5,8-11,14-15,34H,6-7,12-13,33H2. The SMILES string of the molecule is NCCCCc1c(-c2ccccc2-c2ccccc2)[nH]c2cc(C(F)(F)F)cc(C(F)(F)F)c12. The molecule has 0 bridgehead atoms. The van der Waals surface area contributed by atoms with Crippen LogP contribution < -0.4 is 5.73 Å². The van der Waals surface area contributed by atoms with E-state index in [4.69, 9.17) is 5.73 Å². The Balaban J connectivity index is 2.05. The number of nitrogens with one attached hydrogen (secondary N) is 1. The highest BCUT2D eigenvalue weighted by molar-refractivity contribution is 5.97. The van der Waals surface area contributed by atoms with Crippen molar-refractivity contribution in [3.05, 3.63) is 83.4 Å². The number of benzene rings is 3. The fourth-order valence-corrected chi connectivity index (χ4v) is 4.28. The van der Waals surface area contributed by atoms with Gasteiger partial charge >= 0.3 is 12.4 Å². The molecule has 0 aliphatic rings. The number of nitrogens with two attached hydrogens (primary N) is 1. The highest BCUT2D eigenvalue weighted by Crippen LogP contribution is 2.45. The van der Waals surface area contributed by atoms with Crippen LogP contribution in [0, 0.1) is 0 Å². The molecule has 0 saturated heterocycles. The number of rotatable bonds is 6. The molecule has 0 amide bonds. The van der Waals surface area contributed by atoms with Crippen molar-refractivity contribution in [1.29, 1.82) is 0 Å². The summed E-state index contributed by atoms with van der Waals surface area (Å²) >= 11 is 0. The summed E-state index contributed by atoms with van der Waals surface area (Å²) in [7, 11) is 0. The first kappa shape index (κ1) is 23.9. The first-order valence-corrected chi connectivity index (χ1v) is 10.8. The second kappa shape index (κ2) is 9.18. The van der Waals surface area contributed by atoms with Crippen molar-refractivity contribution >= 4 is 10.9 Å². The van der Waals surface area contributed by atoms with Crippen LogP contribution in [0.25, 0.3) is 33.3 Å². The van der Waals surface area contributed by atoms with E-state index in [1.807, 2.05) is 42.5 Å². The van der Waals surface area contributed by atoms with Crippen molar-refractivity contribution in [1.82, 2.24) is 4.98 Å². The molecule has 1 heterocycles. The molecule has 3 N–H and O–H groups in total. The summed E-state index contributed by atoms with van der Waals surface area (Å²) in [6, 6.07) is 17.4. The maximum absolute atomic E-state index is 14.0. The summed E-state index contributed by atoms with van der Waals surface area (Å²) in [6.07, 6.45) is -8.55. The Morgan fingerprint density at radius 3 is 2.00 bits per heavy atom. The van der Waals surface area contributed by atoms with E-state index in [1.54, 1.807) is 12.1 Å². The molecule has 3 aromatic carbocycles. The number of aromatic amines is 1. The van der Waals surface area contributed by atoms with Gasteiger partial charge in [0.15, 0.2) is 0 Å². The fourth-order valence-electron chi connectivity index (χ4n) is 4.28. The van der Waals surface area contributed by atoms with Gasteiger partial charge in [0.1, 0.15) is 0 Å². The lowest BCUT2D eigenvalue weighted by Crippen LogP contribution is -2.11. The van der Waals surface area contributed by atoms with Crippen molar-refractivity contribution in [3.8, 4) is 22.4 Å². The molecule has 0 aliphatic heterocycles. The highest BCUT2D eigenvalue weighted by atomic mass is 19.4. The van der Waals surface area contributed by atoms with E-state index in [2.05, 4.69) is 4.98 Å². The molecule has 0 fully saturated rings. The van der Waals surface area contributed by atoms with Crippen LogP contribution in [0.4, 0.5) is 26.3 Å². The van der Waals surface area contributed by atoms with Crippen LogP contribution in [-0.4, -0.2) is 11.5 Å². The Kier molecular flexibility index (Phi) is 6.45. The van der Waals surface area contributed by atoms with Crippen LogP contribution in [0.1, 0.15) is 29.5 Å². The molecule has 0 saturated carbocycles. The third-order valence-electron chi connectivity index (χ3n) is 5.80. The quantitative estimate of drug-likeness (QED) is 0.216. The molecule has 0 radical (unpaired) electrons. The van der Waals surface area contributed by atoms with Gasteiger partial charge in [0, 0.05) is 16.5 Å². The Bertz CT molecular complexity index is 1290. The molecule has 2 nitrogen and oxygen atoms in total. The van der Waals surface area contributed by atoms with E-state index >= 15 is 0 Å². The second-order valence-corrected chi connectivity index (χ2v) is 8.08. The minimum Gasteiger partial charge on any atom is -0.354 e. The topological polar surface area (TPSA) is 41.8 Å². The van der Waals surface area contributed by atoms with Crippen LogP contribution >= 0.6 is 0 Å². The van der Waals surface area contributed by atoms with Gasteiger partial charge in [-0.3, -0.25) is 0 Å². The average Bonchev–Trinajstić information content (AvgIpc) is 3.16. The molecule has 178 valence electrons. The van der Waals surface area contributed by atoms with Crippen molar-refractivity contribution in [3.63, 3.8) is 0 Å². The number of fused-ring (bicyclic) bond motifs is 1. The van der Waals surface area contributed by atoms with E-state index in [1.165, 1.54) is 0 Å². The van der Waals surface area contributed by atoms with E-state index in [9.17, 15) is 26.3 Å². The predicted octanol–water partition coefficient (Wildman–Crippen LogP) is 7.82. The van der Waals surface area contributed by atoms with Crippen molar-refractivity contribution in [2.75, 3.05) is 6.54 Å². The van der Waals surface area contributed by atoms with Gasteiger partial charge in [0.2, 0.25) is 0 Å². The number of aryl methyl sites for hydroxylation is 1. The summed E-state index contributed by atoms with van der Waals surface area (Å²) < 4.78 is 82.4. The van der Waals surface area contributed by atoms with Gasteiger partial charge < -0.3 is 10.7 Å². The lowest BCUT2D eigenvalue weighted by atomic mass is 9.92. The number of hydrogen-bond donors (Lipinski definition) is 2. The van der Waals surface area contributed by atoms with Gasteiger partial charge in [-0.2, -0.15) is 26.3 Å². The lowest BCUT2D eigenvalue weighted by Gasteiger charge is -2.15. The molecule has 4 aromatic rings. The normalized spacial score (nSPS) is 12.4. The minimum atomic E-state index is -4.96. The summed E-state index contributed by atoms with van der Waals surface area (Å²) in [5, 5.41) is -0.226. The molecule has 1 aromatic heterocycles. The van der Waals surface area contributed by atoms with Crippen molar-refractivity contribution in [2.24, 2.45) is 5.73 Å². The lowest BCUT2D eigenvalue weighted by molar-refractivity contribution is -0.142. The molecule has 4 rings (SSSR count). The van der Waals surface area contributed by atoms with Gasteiger partial charge in [-0.05, 0) is 54.6 Å². The Morgan fingerprint density at radius 2 is 1.38 bits per heavy atom. The molecule has 0 spiro atoms. The van der Waals surface area contributed by atoms with Crippen LogP contribution in [0.5, 0.6) is 0 Å². The summed E-state index contributed by atoms with van der Waals surface area (Å²) in [5.74, 6) is 0. The third kappa shape index (κ3) is 4.68. The van der Waals surface area contributed by atoms with Gasteiger partial charge in [0.05, 0.1) is 16.8 Å². The number of unbranched alkanes of at least 4 members (excludes halogenated alkanes) is 1. The van der Waals surface area contributed by atoms with Crippen molar-refractivity contribution < 1.29 is 26.3 Å². The fraction of sp³-hybridized carbons (Fsp3) is 0.231. The van der Waals surface area contributed by atoms with E-state index in [0.29, 0.717) is 36.2 Å². The predicted molar refractivity (Wildman–Crippen MR) is 121 cm³/mol. The Hall–Kier alpha value is -3.26. The van der Waals surface area contributed by atoms with Crippen LogP contribution in [-0.2, 0) is 18.8 Å². The van der Waals surface area contributed by atoms with Crippen LogP contribution in [0.15, 0.2) is 66.7 Å². The first-order chi connectivity index (χ1) is 16.1. The number of alkyl halides is 6. The molecule has 0 aliphatic carbocycles. The van der Waals surface area contributed by atoms with Crippen LogP contribution in [0.2, 0.25) is 0 Å². The molecule has 8 heteroatoms. The van der Waals surface area contributed by atoms with Crippen LogP contribution in [0.3, 0.4) is 0 Å². The summed E-state index contributed by atoms with van der Waals surface area (Å²) in [4.78, 5) is 2.91. The maximum Gasteiger partial charge on any atom is 0.417 e. The zero-order valence-corrected chi connectivity index (χ0v) is 18.0. The number of halogens is 6. The van der Waals surface area contributed by atoms with E-state index in [-0.39, 0.29) is 23.4 Å². The van der Waals surface area contributed by atoms with Gasteiger partial charge in [0.25, 0.3) is 0 Å². The molecule has 34 heavy (non-hydrogen) atoms. The smallest absolute Gasteiger partial charge is 0.354 e. The zero-order chi connectivity index (χ0) is 24.5. The van der Waals surface area contributed by atoms with Gasteiger partial charge in [-0.1, -0.05) is 54.6 Å². The largest absolute Gasteiger partial charge is 0.417 e. The van der Waals surface area contributed by atoms with E-state index in [0.717, 1.165) is 17.2 Å². The van der Waals surface area contributed by atoms with Gasteiger partial charge in [-0.25, -0.2) is 0 Å². The third-order valence-corrected chi connectivity index (χ3v) is 5.80. The van der Waals surface area contributed by atoms with Crippen molar-refractivity contribution in [2.45, 2.75) is 31.6 Å². The zero-order valence-electron chi connectivity index (χ0n) is 18.0. The second-order valence-electron chi connectivity index (χ2n) is 8.08. The summed E-state index contributed by atoms with van der Waals surface area (Å²) in [6.45, 7) is 0.364. The van der Waals surface area contributed by atoms with E-state index < -0.39 is 23.5 Å². The first-order valence-electron chi connectivity index (χ1n) is 10.8. The van der Waals surface area contributed by atoms with Gasteiger partial charge in [-0.15, -0.1) is 0 Å². The number of hydrogen-bond acceptors (Lipinski definition) is 1. The maximum atomic E-state index is 14.0.